The number of pyridine rings is 1. The van der Waals surface area contributed by atoms with Crippen molar-refractivity contribution in [2.45, 2.75) is 37.6 Å². The van der Waals surface area contributed by atoms with Crippen molar-refractivity contribution in [2.24, 2.45) is 0 Å². The summed E-state index contributed by atoms with van der Waals surface area (Å²) in [5.74, 6) is 1.23. The van der Waals surface area contributed by atoms with Crippen LogP contribution in [0.15, 0.2) is 29.3 Å². The van der Waals surface area contributed by atoms with E-state index in [0.717, 1.165) is 16.9 Å². The molecule has 0 saturated carbocycles. The predicted molar refractivity (Wildman–Crippen MR) is 120 cm³/mol. The molecule has 0 fully saturated rings. The Labute approximate surface area is 186 Å². The number of nitrogen functional groups attached to an aromatic ring is 1. The highest BCUT2D eigenvalue weighted by molar-refractivity contribution is 7.91. The number of aromatic nitrogens is 3. The third kappa shape index (κ3) is 4.88. The van der Waals surface area contributed by atoms with Gasteiger partial charge in [-0.05, 0) is 43.5 Å². The van der Waals surface area contributed by atoms with Crippen LogP contribution in [0, 0.1) is 6.92 Å². The molecule has 0 aliphatic carbocycles. The minimum Gasteiger partial charge on any atom is -0.384 e. The molecular weight excluding hydrogens is 447 g/mol. The fourth-order valence-corrected chi connectivity index (χ4v) is 5.59. The number of benzene rings is 1. The highest BCUT2D eigenvalue weighted by Crippen LogP contribution is 2.27. The quantitative estimate of drug-likeness (QED) is 0.473. The summed E-state index contributed by atoms with van der Waals surface area (Å²) in [6.07, 6.45) is 3.48. The van der Waals surface area contributed by atoms with E-state index in [0.29, 0.717) is 48.8 Å². The lowest BCUT2D eigenvalue weighted by Gasteiger charge is -2.11. The summed E-state index contributed by atoms with van der Waals surface area (Å²) in [7, 11) is -1.86. The van der Waals surface area contributed by atoms with Crippen molar-refractivity contribution in [1.82, 2.24) is 14.5 Å². The number of halogens is 2. The molecule has 3 rings (SSSR count). The Bertz CT molecular complexity index is 1160. The standard InChI is InChI=1S/C20H24Cl2N4O3S/c1-13-12-24-20(23)18-19(13)26(17(25-18)7-9-29-2)8-3-4-10-30(27,28)16-6-5-14(21)11-15(16)22/h5-6,11-12H,3-4,7-10H2,1-2H3,(H2,23,24). The minimum absolute atomic E-state index is 0.00291. The van der Waals surface area contributed by atoms with Crippen LogP contribution in [0.5, 0.6) is 0 Å². The molecule has 2 N–H and O–H groups in total. The fourth-order valence-electron chi connectivity index (χ4n) is 3.39. The van der Waals surface area contributed by atoms with Crippen molar-refractivity contribution in [1.29, 1.82) is 0 Å². The molecule has 10 heteroatoms. The second-order valence-corrected chi connectivity index (χ2v) is 9.97. The number of nitrogens with zero attached hydrogens (tertiary/aromatic N) is 3. The summed E-state index contributed by atoms with van der Waals surface area (Å²) < 4.78 is 32.6. The van der Waals surface area contributed by atoms with Crippen LogP contribution in [0.2, 0.25) is 10.0 Å². The molecule has 162 valence electrons. The third-order valence-corrected chi connectivity index (χ3v) is 7.38. The molecule has 0 spiro atoms. The summed E-state index contributed by atoms with van der Waals surface area (Å²) in [5.41, 5.74) is 8.58. The Morgan fingerprint density at radius 1 is 1.23 bits per heavy atom. The first-order valence-electron chi connectivity index (χ1n) is 9.51. The number of rotatable bonds is 9. The smallest absolute Gasteiger partial charge is 0.179 e. The van der Waals surface area contributed by atoms with Gasteiger partial charge in [0.2, 0.25) is 0 Å². The number of fused-ring (bicyclic) bond motifs is 1. The first-order valence-corrected chi connectivity index (χ1v) is 11.9. The van der Waals surface area contributed by atoms with Gasteiger partial charge in [0.25, 0.3) is 0 Å². The number of hydrogen-bond donors (Lipinski definition) is 1. The molecule has 3 aromatic rings. The zero-order chi connectivity index (χ0) is 21.9. The van der Waals surface area contributed by atoms with Crippen LogP contribution in [0.25, 0.3) is 11.0 Å². The van der Waals surface area contributed by atoms with Gasteiger partial charge < -0.3 is 15.0 Å². The fraction of sp³-hybridized carbons (Fsp3) is 0.400. The molecule has 0 aliphatic rings. The van der Waals surface area contributed by atoms with Gasteiger partial charge in [0.05, 0.1) is 27.8 Å². The van der Waals surface area contributed by atoms with Gasteiger partial charge in [0, 0.05) is 31.3 Å². The van der Waals surface area contributed by atoms with Crippen molar-refractivity contribution in [3.05, 3.63) is 45.8 Å². The summed E-state index contributed by atoms with van der Waals surface area (Å²) in [5, 5.41) is 0.544. The van der Waals surface area contributed by atoms with Crippen molar-refractivity contribution in [2.75, 3.05) is 25.2 Å². The maximum absolute atomic E-state index is 12.7. The average molecular weight is 471 g/mol. The Morgan fingerprint density at radius 2 is 2.00 bits per heavy atom. The van der Waals surface area contributed by atoms with E-state index in [-0.39, 0.29) is 15.7 Å². The molecule has 0 saturated heterocycles. The number of ether oxygens (including phenoxy) is 1. The van der Waals surface area contributed by atoms with Crippen molar-refractivity contribution >= 4 is 49.9 Å². The summed E-state index contributed by atoms with van der Waals surface area (Å²) >= 11 is 11.9. The topological polar surface area (TPSA) is 100 Å². The molecule has 1 aromatic carbocycles. The van der Waals surface area contributed by atoms with Gasteiger partial charge in [-0.2, -0.15) is 0 Å². The molecule has 0 bridgehead atoms. The van der Waals surface area contributed by atoms with E-state index in [1.807, 2.05) is 6.92 Å². The average Bonchev–Trinajstić information content (AvgIpc) is 3.06. The normalized spacial score (nSPS) is 12.0. The number of imidazole rings is 1. The number of aryl methyl sites for hydroxylation is 2. The zero-order valence-electron chi connectivity index (χ0n) is 16.9. The Hall–Kier alpha value is -1.87. The van der Waals surface area contributed by atoms with Crippen molar-refractivity contribution in [3.63, 3.8) is 0 Å². The Kier molecular flexibility index (Phi) is 7.23. The molecule has 0 aliphatic heterocycles. The monoisotopic (exact) mass is 470 g/mol. The second-order valence-electron chi connectivity index (χ2n) is 7.05. The van der Waals surface area contributed by atoms with Crippen LogP contribution in [0.3, 0.4) is 0 Å². The van der Waals surface area contributed by atoms with Crippen LogP contribution >= 0.6 is 23.2 Å². The lowest BCUT2D eigenvalue weighted by molar-refractivity contribution is 0.199. The zero-order valence-corrected chi connectivity index (χ0v) is 19.2. The molecule has 0 atom stereocenters. The largest absolute Gasteiger partial charge is 0.384 e. The number of unbranched alkanes of at least 4 members (excludes halogenated alkanes) is 1. The van der Waals surface area contributed by atoms with E-state index in [1.165, 1.54) is 18.2 Å². The molecule has 0 unspecified atom stereocenters. The molecular formula is C20H24Cl2N4O3S. The van der Waals surface area contributed by atoms with Gasteiger partial charge >= 0.3 is 0 Å². The van der Waals surface area contributed by atoms with Crippen LogP contribution < -0.4 is 5.73 Å². The van der Waals surface area contributed by atoms with Gasteiger partial charge in [-0.1, -0.05) is 23.2 Å². The second kappa shape index (κ2) is 9.51. The van der Waals surface area contributed by atoms with Gasteiger partial charge in [0.1, 0.15) is 11.3 Å². The maximum atomic E-state index is 12.7. The van der Waals surface area contributed by atoms with E-state index in [9.17, 15) is 8.42 Å². The summed E-state index contributed by atoms with van der Waals surface area (Å²) in [6, 6.07) is 4.42. The lowest BCUT2D eigenvalue weighted by atomic mass is 10.2. The highest BCUT2D eigenvalue weighted by atomic mass is 35.5. The lowest BCUT2D eigenvalue weighted by Crippen LogP contribution is -2.11. The highest BCUT2D eigenvalue weighted by Gasteiger charge is 2.19. The molecule has 0 radical (unpaired) electrons. The number of methoxy groups -OCH3 is 1. The van der Waals surface area contributed by atoms with Gasteiger partial charge in [-0.15, -0.1) is 0 Å². The minimum atomic E-state index is -3.50. The molecule has 0 amide bonds. The van der Waals surface area contributed by atoms with E-state index < -0.39 is 9.84 Å². The number of hydrogen-bond acceptors (Lipinski definition) is 6. The van der Waals surface area contributed by atoms with Gasteiger partial charge in [-0.3, -0.25) is 0 Å². The van der Waals surface area contributed by atoms with Crippen LogP contribution in [-0.2, 0) is 27.5 Å². The molecule has 30 heavy (non-hydrogen) atoms. The van der Waals surface area contributed by atoms with Crippen LogP contribution in [-0.4, -0.2) is 42.4 Å². The molecule has 2 heterocycles. The first-order chi connectivity index (χ1) is 14.2. The van der Waals surface area contributed by atoms with E-state index in [2.05, 4.69) is 14.5 Å². The third-order valence-electron chi connectivity index (χ3n) is 4.86. The van der Waals surface area contributed by atoms with Gasteiger partial charge in [-0.25, -0.2) is 18.4 Å². The number of anilines is 1. The maximum Gasteiger partial charge on any atom is 0.179 e. The number of nitrogens with two attached hydrogens (primary N) is 1. The summed E-state index contributed by atoms with van der Waals surface area (Å²) in [6.45, 7) is 3.10. The molecule has 2 aromatic heterocycles. The number of sulfone groups is 1. The van der Waals surface area contributed by atoms with Crippen LogP contribution in [0.1, 0.15) is 24.2 Å². The van der Waals surface area contributed by atoms with Crippen LogP contribution in [0.4, 0.5) is 5.82 Å². The molecule has 7 nitrogen and oxygen atoms in total. The van der Waals surface area contributed by atoms with E-state index in [4.69, 9.17) is 33.7 Å². The summed E-state index contributed by atoms with van der Waals surface area (Å²) in [4.78, 5) is 8.95. The Balaban J connectivity index is 1.76. The predicted octanol–water partition coefficient (Wildman–Crippen LogP) is 4.07. The van der Waals surface area contributed by atoms with Gasteiger partial charge in [0.15, 0.2) is 15.7 Å². The Morgan fingerprint density at radius 3 is 2.70 bits per heavy atom. The van der Waals surface area contributed by atoms with Crippen molar-refractivity contribution in [3.8, 4) is 0 Å². The first kappa shape index (κ1) is 22.8. The SMILES string of the molecule is COCCc1nc2c(N)ncc(C)c2n1CCCCS(=O)(=O)c1ccc(Cl)cc1Cl. The van der Waals surface area contributed by atoms with E-state index >= 15 is 0 Å². The van der Waals surface area contributed by atoms with E-state index in [1.54, 1.807) is 13.3 Å². The van der Waals surface area contributed by atoms with Crippen molar-refractivity contribution < 1.29 is 13.2 Å².